The van der Waals surface area contributed by atoms with Crippen molar-refractivity contribution in [2.75, 3.05) is 19.6 Å². The van der Waals surface area contributed by atoms with Gasteiger partial charge in [-0.05, 0) is 49.8 Å². The summed E-state index contributed by atoms with van der Waals surface area (Å²) in [5, 5.41) is 19.1. The Bertz CT molecular complexity index is 656. The van der Waals surface area contributed by atoms with Crippen LogP contribution in [0.3, 0.4) is 0 Å². The van der Waals surface area contributed by atoms with Crippen LogP contribution >= 0.6 is 35.3 Å². The highest BCUT2D eigenvalue weighted by atomic mass is 127. The molecule has 1 aromatic carbocycles. The van der Waals surface area contributed by atoms with Gasteiger partial charge in [0, 0.05) is 18.0 Å². The minimum absolute atomic E-state index is 0. The highest BCUT2D eigenvalue weighted by molar-refractivity contribution is 14.0. The van der Waals surface area contributed by atoms with E-state index in [1.165, 1.54) is 11.1 Å². The largest absolute Gasteiger partial charge is 0.383 e. The standard InChI is InChI=1S/C19H27N3OS.HI/c1-4-20-18(21-12-11-16-9-6-5-8-15(16)2)22-14-19(3,23)17-10-7-13-24-17;/h5-10,13,23H,4,11-12,14H2,1-3H3,(H2,20,21,22);1H. The van der Waals surface area contributed by atoms with Crippen molar-refractivity contribution in [1.29, 1.82) is 0 Å². The van der Waals surface area contributed by atoms with Crippen LogP contribution < -0.4 is 10.6 Å². The smallest absolute Gasteiger partial charge is 0.191 e. The maximum absolute atomic E-state index is 10.6. The minimum atomic E-state index is -0.938. The van der Waals surface area contributed by atoms with E-state index in [2.05, 4.69) is 46.8 Å². The second-order valence-corrected chi connectivity index (χ2v) is 7.00. The van der Waals surface area contributed by atoms with Gasteiger partial charge in [-0.2, -0.15) is 0 Å². The zero-order valence-corrected chi connectivity index (χ0v) is 18.2. The Morgan fingerprint density at radius 3 is 2.60 bits per heavy atom. The SMILES string of the molecule is CCNC(=NCC(C)(O)c1cccs1)NCCc1ccccc1C.I. The van der Waals surface area contributed by atoms with E-state index in [1.807, 2.05) is 24.4 Å². The predicted molar refractivity (Wildman–Crippen MR) is 118 cm³/mol. The Morgan fingerprint density at radius 2 is 1.96 bits per heavy atom. The number of aryl methyl sites for hydroxylation is 1. The second-order valence-electron chi connectivity index (χ2n) is 6.05. The quantitative estimate of drug-likeness (QED) is 0.327. The Labute approximate surface area is 171 Å². The molecule has 25 heavy (non-hydrogen) atoms. The van der Waals surface area contributed by atoms with E-state index in [-0.39, 0.29) is 24.0 Å². The van der Waals surface area contributed by atoms with E-state index >= 15 is 0 Å². The lowest BCUT2D eigenvalue weighted by Gasteiger charge is -2.20. The third-order valence-corrected chi connectivity index (χ3v) is 5.01. The third-order valence-electron chi connectivity index (χ3n) is 3.89. The van der Waals surface area contributed by atoms with E-state index in [4.69, 9.17) is 0 Å². The number of hydrogen-bond donors (Lipinski definition) is 3. The summed E-state index contributed by atoms with van der Waals surface area (Å²) in [6.07, 6.45) is 0.943. The van der Waals surface area contributed by atoms with Gasteiger partial charge in [-0.25, -0.2) is 4.99 Å². The normalized spacial score (nSPS) is 13.7. The molecule has 0 fully saturated rings. The molecule has 1 heterocycles. The highest BCUT2D eigenvalue weighted by Gasteiger charge is 2.23. The lowest BCUT2D eigenvalue weighted by molar-refractivity contribution is 0.0711. The Morgan fingerprint density at radius 1 is 1.20 bits per heavy atom. The van der Waals surface area contributed by atoms with Crippen LogP contribution in [0.1, 0.15) is 29.9 Å². The maximum Gasteiger partial charge on any atom is 0.191 e. The van der Waals surface area contributed by atoms with Crippen molar-refractivity contribution in [3.8, 4) is 0 Å². The summed E-state index contributed by atoms with van der Waals surface area (Å²) in [6, 6.07) is 12.3. The van der Waals surface area contributed by atoms with Gasteiger partial charge in [0.2, 0.25) is 0 Å². The van der Waals surface area contributed by atoms with Gasteiger partial charge < -0.3 is 15.7 Å². The molecule has 0 aliphatic rings. The number of rotatable bonds is 7. The van der Waals surface area contributed by atoms with E-state index in [9.17, 15) is 5.11 Å². The first-order valence-electron chi connectivity index (χ1n) is 8.36. The van der Waals surface area contributed by atoms with Crippen LogP contribution in [0, 0.1) is 6.92 Å². The van der Waals surface area contributed by atoms with Crippen LogP contribution in [0.25, 0.3) is 0 Å². The minimum Gasteiger partial charge on any atom is -0.383 e. The number of guanidine groups is 1. The Kier molecular flexibility index (Phi) is 9.45. The van der Waals surface area contributed by atoms with Crippen molar-refractivity contribution in [3.63, 3.8) is 0 Å². The van der Waals surface area contributed by atoms with Crippen molar-refractivity contribution in [1.82, 2.24) is 10.6 Å². The van der Waals surface area contributed by atoms with E-state index in [1.54, 1.807) is 18.3 Å². The first-order valence-corrected chi connectivity index (χ1v) is 9.24. The molecule has 0 radical (unpaired) electrons. The molecule has 0 spiro atoms. The fraction of sp³-hybridized carbons (Fsp3) is 0.421. The van der Waals surface area contributed by atoms with Gasteiger partial charge in [-0.1, -0.05) is 30.3 Å². The van der Waals surface area contributed by atoms with Gasteiger partial charge in [-0.3, -0.25) is 0 Å². The van der Waals surface area contributed by atoms with Crippen LogP contribution in [-0.4, -0.2) is 30.7 Å². The van der Waals surface area contributed by atoms with Crippen molar-refractivity contribution < 1.29 is 5.11 Å². The summed E-state index contributed by atoms with van der Waals surface area (Å²) in [4.78, 5) is 5.48. The summed E-state index contributed by atoms with van der Waals surface area (Å²) in [5.74, 6) is 0.739. The van der Waals surface area contributed by atoms with Gasteiger partial charge in [0.15, 0.2) is 5.96 Å². The number of thiophene rings is 1. The van der Waals surface area contributed by atoms with Gasteiger partial charge in [-0.15, -0.1) is 35.3 Å². The molecule has 2 aromatic rings. The van der Waals surface area contributed by atoms with Gasteiger partial charge in [0.1, 0.15) is 5.60 Å². The van der Waals surface area contributed by atoms with Gasteiger partial charge >= 0.3 is 0 Å². The number of aliphatic imine (C=N–C) groups is 1. The average molecular weight is 473 g/mol. The molecule has 1 atom stereocenters. The highest BCUT2D eigenvalue weighted by Crippen LogP contribution is 2.25. The van der Waals surface area contributed by atoms with Crippen LogP contribution in [-0.2, 0) is 12.0 Å². The number of aliphatic hydroxyl groups is 1. The number of halogens is 1. The number of hydrogen-bond acceptors (Lipinski definition) is 3. The van der Waals surface area contributed by atoms with Gasteiger partial charge in [0.05, 0.1) is 6.54 Å². The van der Waals surface area contributed by atoms with Crippen molar-refractivity contribution in [3.05, 3.63) is 57.8 Å². The molecule has 0 amide bonds. The monoisotopic (exact) mass is 473 g/mol. The summed E-state index contributed by atoms with van der Waals surface area (Å²) in [6.45, 7) is 7.89. The molecule has 138 valence electrons. The average Bonchev–Trinajstić information content (AvgIpc) is 3.10. The molecule has 1 aromatic heterocycles. The maximum atomic E-state index is 10.6. The fourth-order valence-corrected chi connectivity index (χ4v) is 3.22. The molecule has 0 saturated carbocycles. The predicted octanol–water partition coefficient (Wildman–Crippen LogP) is 3.68. The van der Waals surface area contributed by atoms with Crippen LogP contribution in [0.15, 0.2) is 46.8 Å². The van der Waals surface area contributed by atoms with Crippen molar-refractivity contribution in [2.45, 2.75) is 32.8 Å². The first kappa shape index (κ1) is 21.9. The summed E-state index contributed by atoms with van der Waals surface area (Å²) >= 11 is 1.55. The van der Waals surface area contributed by atoms with E-state index in [0.717, 1.165) is 30.3 Å². The molecule has 6 heteroatoms. The van der Waals surface area contributed by atoms with E-state index in [0.29, 0.717) is 6.54 Å². The molecule has 2 rings (SSSR count). The van der Waals surface area contributed by atoms with Crippen LogP contribution in [0.4, 0.5) is 0 Å². The molecule has 3 N–H and O–H groups in total. The molecule has 0 aliphatic heterocycles. The van der Waals surface area contributed by atoms with Crippen LogP contribution in [0.2, 0.25) is 0 Å². The molecule has 0 bridgehead atoms. The Hall–Kier alpha value is -1.12. The summed E-state index contributed by atoms with van der Waals surface area (Å²) in [7, 11) is 0. The molecular formula is C19H28IN3OS. The molecule has 0 aliphatic carbocycles. The van der Waals surface area contributed by atoms with Gasteiger partial charge in [0.25, 0.3) is 0 Å². The summed E-state index contributed by atoms with van der Waals surface area (Å²) < 4.78 is 0. The molecular weight excluding hydrogens is 445 g/mol. The zero-order valence-electron chi connectivity index (χ0n) is 15.1. The Balaban J connectivity index is 0.00000312. The lowest BCUT2D eigenvalue weighted by Crippen LogP contribution is -2.39. The lowest BCUT2D eigenvalue weighted by atomic mass is 10.1. The topological polar surface area (TPSA) is 56.7 Å². The van der Waals surface area contributed by atoms with Crippen molar-refractivity contribution in [2.24, 2.45) is 4.99 Å². The number of nitrogens with zero attached hydrogens (tertiary/aromatic N) is 1. The molecule has 1 unspecified atom stereocenters. The van der Waals surface area contributed by atoms with E-state index < -0.39 is 5.60 Å². The second kappa shape index (κ2) is 10.8. The molecule has 0 saturated heterocycles. The zero-order chi connectivity index (χ0) is 17.4. The summed E-state index contributed by atoms with van der Waals surface area (Å²) in [5.41, 5.74) is 1.71. The third kappa shape index (κ3) is 6.95. The van der Waals surface area contributed by atoms with Crippen molar-refractivity contribution >= 4 is 41.3 Å². The van der Waals surface area contributed by atoms with Crippen LogP contribution in [0.5, 0.6) is 0 Å². The first-order chi connectivity index (χ1) is 11.5. The number of nitrogens with one attached hydrogen (secondary N) is 2. The number of benzene rings is 1. The fourth-order valence-electron chi connectivity index (χ4n) is 2.44. The molecule has 4 nitrogen and oxygen atoms in total.